The fourth-order valence-corrected chi connectivity index (χ4v) is 8.16. The molecule has 0 saturated carbocycles. The van der Waals surface area contributed by atoms with Gasteiger partial charge in [0.15, 0.2) is 0 Å². The number of benzene rings is 2. The van der Waals surface area contributed by atoms with Gasteiger partial charge in [0.2, 0.25) is 0 Å². The molecule has 0 bridgehead atoms. The fourth-order valence-electron chi connectivity index (χ4n) is 4.28. The summed E-state index contributed by atoms with van der Waals surface area (Å²) >= 11 is 18.6. The molecule has 30 heavy (non-hydrogen) atoms. The number of amides is 1. The van der Waals surface area contributed by atoms with Gasteiger partial charge in [0.05, 0.1) is 0 Å². The molecule has 1 saturated heterocycles. The molecule has 0 aromatic heterocycles. The van der Waals surface area contributed by atoms with Crippen LogP contribution in [-0.4, -0.2) is 30.6 Å². The second-order valence-corrected chi connectivity index (χ2v) is 14.0. The number of hydrogen-bond acceptors (Lipinski definition) is 3. The van der Waals surface area contributed by atoms with Crippen molar-refractivity contribution in [3.63, 3.8) is 0 Å². The summed E-state index contributed by atoms with van der Waals surface area (Å²) in [6.45, 7) is 2.27. The monoisotopic (exact) mass is 483 g/mol. The van der Waals surface area contributed by atoms with E-state index >= 15 is 0 Å². The molecule has 1 unspecified atom stereocenters. The molecule has 0 radical (unpaired) electrons. The van der Waals surface area contributed by atoms with Crippen LogP contribution in [0.25, 0.3) is 0 Å². The van der Waals surface area contributed by atoms with Crippen LogP contribution in [0.5, 0.6) is 0 Å². The molecule has 4 rings (SSSR count). The molecule has 2 aliphatic rings. The number of nitrogens with one attached hydrogen (secondary N) is 1. The minimum atomic E-state index is -1.76. The minimum absolute atomic E-state index is 0.0439. The summed E-state index contributed by atoms with van der Waals surface area (Å²) in [4.78, 5) is 13.2. The summed E-state index contributed by atoms with van der Waals surface area (Å²) in [6.07, 6.45) is 6.46. The van der Waals surface area contributed by atoms with E-state index in [0.717, 1.165) is 23.6 Å². The molecule has 0 aliphatic carbocycles. The zero-order valence-electron chi connectivity index (χ0n) is 16.8. The van der Waals surface area contributed by atoms with Gasteiger partial charge in [0.1, 0.15) is 0 Å². The first kappa shape index (κ1) is 21.9. The molecule has 1 fully saturated rings. The van der Waals surface area contributed by atoms with Crippen LogP contribution in [0.1, 0.15) is 37.3 Å². The molecule has 2 heterocycles. The average molecular weight is 485 g/mol. The number of nitrogens with zero attached hydrogens (tertiary/aromatic N) is 2. The Labute approximate surface area is 193 Å². The Balaban J connectivity index is 1.64. The van der Waals surface area contributed by atoms with Gasteiger partial charge < -0.3 is 0 Å². The number of hydrogen-bond donors (Lipinski definition) is 1. The van der Waals surface area contributed by atoms with Gasteiger partial charge in [0.25, 0.3) is 0 Å². The van der Waals surface area contributed by atoms with E-state index in [9.17, 15) is 4.79 Å². The van der Waals surface area contributed by atoms with Gasteiger partial charge in [-0.2, -0.15) is 0 Å². The van der Waals surface area contributed by atoms with Crippen LogP contribution in [0.3, 0.4) is 0 Å². The fraction of sp³-hybridized carbons (Fsp3) is 0.364. The van der Waals surface area contributed by atoms with Crippen LogP contribution in [0.2, 0.25) is 15.1 Å². The maximum absolute atomic E-state index is 13.2. The number of carbonyl (C=O) groups is 1. The number of halogens is 3. The summed E-state index contributed by atoms with van der Waals surface area (Å²) in [5.41, 5.74) is 2.29. The molecule has 160 valence electrons. The number of hydrazone groups is 1. The van der Waals surface area contributed by atoms with E-state index < -0.39 is 7.41 Å². The molecule has 0 spiro atoms. The third kappa shape index (κ3) is 4.78. The van der Waals surface area contributed by atoms with Crippen molar-refractivity contribution in [2.24, 2.45) is 5.10 Å². The molecule has 4 nitrogen and oxygen atoms in total. The Hall–Kier alpha value is -1.32. The van der Waals surface area contributed by atoms with Crippen LogP contribution >= 0.6 is 42.2 Å². The van der Waals surface area contributed by atoms with Crippen LogP contribution in [0, 0.1) is 0 Å². The molecule has 1 atom stereocenters. The van der Waals surface area contributed by atoms with Crippen molar-refractivity contribution >= 4 is 59.5 Å². The van der Waals surface area contributed by atoms with E-state index in [2.05, 4.69) is 11.8 Å². The first-order valence-electron chi connectivity index (χ1n) is 10.2. The topological polar surface area (TPSA) is 44.7 Å². The van der Waals surface area contributed by atoms with Crippen LogP contribution < -0.4 is 10.1 Å². The molecule has 2 aromatic rings. The van der Waals surface area contributed by atoms with Gasteiger partial charge >= 0.3 is 193 Å². The Morgan fingerprint density at radius 2 is 1.70 bits per heavy atom. The number of carbonyl (C=O) groups excluding carboxylic acids is 1. The van der Waals surface area contributed by atoms with Crippen LogP contribution in [0.4, 0.5) is 5.69 Å². The molecule has 2 aromatic carbocycles. The molecular weight excluding hydrogens is 460 g/mol. The summed E-state index contributed by atoms with van der Waals surface area (Å²) < 4.78 is 0. The Morgan fingerprint density at radius 1 is 1.03 bits per heavy atom. The summed E-state index contributed by atoms with van der Waals surface area (Å²) in [7, 11) is -1.76. The molecule has 1 N–H and O–H groups in total. The second kappa shape index (κ2) is 9.04. The van der Waals surface area contributed by atoms with E-state index in [1.54, 1.807) is 12.1 Å². The van der Waals surface area contributed by atoms with Crippen molar-refractivity contribution in [3.8, 4) is 0 Å². The Kier molecular flexibility index (Phi) is 6.60. The van der Waals surface area contributed by atoms with E-state index in [1.807, 2.05) is 35.3 Å². The van der Waals surface area contributed by atoms with Gasteiger partial charge in [-0.05, 0) is 0 Å². The van der Waals surface area contributed by atoms with Crippen LogP contribution in [-0.2, 0) is 4.79 Å². The quantitative estimate of drug-likeness (QED) is 0.500. The second-order valence-electron chi connectivity index (χ2n) is 8.33. The van der Waals surface area contributed by atoms with Crippen LogP contribution in [0.15, 0.2) is 47.6 Å². The third-order valence-corrected chi connectivity index (χ3v) is 10.5. The number of anilines is 1. The van der Waals surface area contributed by atoms with Gasteiger partial charge in [-0.3, -0.25) is 0 Å². The van der Waals surface area contributed by atoms with Crippen molar-refractivity contribution in [2.45, 2.75) is 31.7 Å². The van der Waals surface area contributed by atoms with Crippen molar-refractivity contribution in [2.75, 3.05) is 24.0 Å². The van der Waals surface area contributed by atoms with Gasteiger partial charge in [-0.25, -0.2) is 0 Å². The van der Waals surface area contributed by atoms with E-state index in [1.165, 1.54) is 19.3 Å². The first-order valence-corrected chi connectivity index (χ1v) is 14.3. The van der Waals surface area contributed by atoms with Gasteiger partial charge in [0, 0.05) is 0 Å². The van der Waals surface area contributed by atoms with Crippen molar-refractivity contribution in [3.05, 3.63) is 63.1 Å². The first-order chi connectivity index (χ1) is 14.3. The van der Waals surface area contributed by atoms with E-state index in [-0.39, 0.29) is 11.9 Å². The summed E-state index contributed by atoms with van der Waals surface area (Å²) in [6, 6.07) is 12.8. The number of rotatable bonds is 4. The van der Waals surface area contributed by atoms with E-state index in [4.69, 9.17) is 39.9 Å². The predicted octanol–water partition coefficient (Wildman–Crippen LogP) is 6.55. The summed E-state index contributed by atoms with van der Waals surface area (Å²) in [5.74, 6) is -0.0439. The van der Waals surface area contributed by atoms with Gasteiger partial charge in [-0.1, -0.05) is 0 Å². The Bertz CT molecular complexity index is 974. The normalized spacial score (nSPS) is 21.8. The maximum atomic E-state index is 13.2. The Morgan fingerprint density at radius 3 is 2.37 bits per heavy atom. The standard InChI is InChI=1S/C22H25Cl3N3OP/c1-30(11-3-2-4-12-30)27-22(29)19-14-21(15-5-7-16(23)8-6-15)28(26-19)20-10-9-17(24)13-18(20)25/h5-10,13,21,30H,2-4,11-12,14H2,1H3,(H,27,29). The zero-order valence-corrected chi connectivity index (χ0v) is 20.1. The van der Waals surface area contributed by atoms with Gasteiger partial charge in [-0.15, -0.1) is 0 Å². The van der Waals surface area contributed by atoms with Crippen molar-refractivity contribution in [1.29, 1.82) is 0 Å². The SMILES string of the molecule is C[PH]1(NC(=O)C2=NN(c3ccc(Cl)cc3Cl)C(c3ccc(Cl)cc3)C2)CCCCC1. The van der Waals surface area contributed by atoms with Crippen molar-refractivity contribution in [1.82, 2.24) is 5.09 Å². The zero-order chi connectivity index (χ0) is 21.3. The summed E-state index contributed by atoms with van der Waals surface area (Å²) in [5, 5.41) is 11.7. The third-order valence-electron chi connectivity index (χ3n) is 5.96. The molecule has 1 amide bonds. The van der Waals surface area contributed by atoms with Crippen molar-refractivity contribution < 1.29 is 4.79 Å². The molecule has 8 heteroatoms. The molecule has 2 aliphatic heterocycles. The average Bonchev–Trinajstić information content (AvgIpc) is 3.14. The molecular formula is C22H25Cl3N3OP. The van der Waals surface area contributed by atoms with E-state index in [0.29, 0.717) is 27.2 Å². The predicted molar refractivity (Wildman–Crippen MR) is 131 cm³/mol.